The molecule has 0 aromatic heterocycles. The molecule has 2 N–H and O–H groups in total. The van der Waals surface area contributed by atoms with Crippen LogP contribution in [0.2, 0.25) is 0 Å². The van der Waals surface area contributed by atoms with E-state index in [-0.39, 0.29) is 18.1 Å². The van der Waals surface area contributed by atoms with Crippen molar-refractivity contribution in [3.8, 4) is 0 Å². The van der Waals surface area contributed by atoms with Crippen LogP contribution in [0.4, 0.5) is 8.78 Å². The van der Waals surface area contributed by atoms with Gasteiger partial charge in [0.15, 0.2) is 0 Å². The Morgan fingerprint density at radius 1 is 1.33 bits per heavy atom. The lowest BCUT2D eigenvalue weighted by Gasteiger charge is -2.12. The van der Waals surface area contributed by atoms with Gasteiger partial charge in [-0.3, -0.25) is 0 Å². The van der Waals surface area contributed by atoms with Gasteiger partial charge in [-0.25, -0.2) is 8.78 Å². The first-order chi connectivity index (χ1) is 7.10. The van der Waals surface area contributed by atoms with Gasteiger partial charge in [0, 0.05) is 12.7 Å². The molecule has 0 heterocycles. The molecule has 1 unspecified atom stereocenters. The molecule has 2 nitrogen and oxygen atoms in total. The highest BCUT2D eigenvalue weighted by Crippen LogP contribution is 2.22. The molecule has 1 aromatic carbocycles. The van der Waals surface area contributed by atoms with Crippen LogP contribution in [0.15, 0.2) is 12.1 Å². The summed E-state index contributed by atoms with van der Waals surface area (Å²) < 4.78 is 31.7. The topological polar surface area (TPSA) is 35.2 Å². The van der Waals surface area contributed by atoms with Crippen LogP contribution in [-0.4, -0.2) is 13.7 Å². The van der Waals surface area contributed by atoms with Crippen molar-refractivity contribution in [2.45, 2.75) is 19.4 Å². The summed E-state index contributed by atoms with van der Waals surface area (Å²) in [7, 11) is 1.44. The van der Waals surface area contributed by atoms with Crippen LogP contribution in [0.25, 0.3) is 0 Å². The van der Waals surface area contributed by atoms with Crippen LogP contribution in [0, 0.1) is 11.6 Å². The second kappa shape index (κ2) is 5.19. The highest BCUT2D eigenvalue weighted by atomic mass is 19.1. The Labute approximate surface area is 88.0 Å². The molecule has 0 spiro atoms. The molecular formula is C11H15F2NO. The zero-order valence-corrected chi connectivity index (χ0v) is 8.89. The Morgan fingerprint density at radius 2 is 2.00 bits per heavy atom. The predicted octanol–water partition coefficient (Wildman–Crippen LogP) is 2.17. The monoisotopic (exact) mass is 215 g/mol. The first kappa shape index (κ1) is 12.1. The molecule has 0 radical (unpaired) electrons. The Bertz CT molecular complexity index is 342. The van der Waals surface area contributed by atoms with Crippen LogP contribution in [0.3, 0.4) is 0 Å². The number of rotatable bonds is 4. The van der Waals surface area contributed by atoms with Gasteiger partial charge in [-0.2, -0.15) is 0 Å². The Hall–Kier alpha value is -1.00. The van der Waals surface area contributed by atoms with Crippen molar-refractivity contribution >= 4 is 0 Å². The van der Waals surface area contributed by atoms with Crippen LogP contribution in [0.1, 0.15) is 24.0 Å². The quantitative estimate of drug-likeness (QED) is 0.835. The van der Waals surface area contributed by atoms with Gasteiger partial charge in [-0.05, 0) is 30.2 Å². The van der Waals surface area contributed by atoms with Gasteiger partial charge in [0.25, 0.3) is 0 Å². The number of hydrogen-bond donors (Lipinski definition) is 1. The molecule has 0 aliphatic rings. The van der Waals surface area contributed by atoms with Crippen LogP contribution < -0.4 is 5.73 Å². The second-order valence-corrected chi connectivity index (χ2v) is 3.53. The third-order valence-electron chi connectivity index (χ3n) is 2.35. The Morgan fingerprint density at radius 3 is 2.53 bits per heavy atom. The fourth-order valence-corrected chi connectivity index (χ4v) is 1.37. The smallest absolute Gasteiger partial charge is 0.129 e. The van der Waals surface area contributed by atoms with Crippen LogP contribution in [-0.2, 0) is 11.3 Å². The van der Waals surface area contributed by atoms with E-state index in [2.05, 4.69) is 0 Å². The summed E-state index contributed by atoms with van der Waals surface area (Å²) in [5.74, 6) is -1.06. The standard InChI is InChI=1S/C11H15F2NO/c1-7(5-14)9-4-10(12)8(6-15-2)3-11(9)13/h3-4,7H,5-6,14H2,1-2H3. The van der Waals surface area contributed by atoms with Gasteiger partial charge in [0.05, 0.1) is 6.61 Å². The molecule has 1 aromatic rings. The molecule has 15 heavy (non-hydrogen) atoms. The lowest BCUT2D eigenvalue weighted by molar-refractivity contribution is 0.181. The number of methoxy groups -OCH3 is 1. The van der Waals surface area contributed by atoms with E-state index >= 15 is 0 Å². The maximum absolute atomic E-state index is 13.5. The minimum absolute atomic E-state index is 0.0695. The van der Waals surface area contributed by atoms with Crippen molar-refractivity contribution in [2.24, 2.45) is 5.73 Å². The molecule has 0 saturated heterocycles. The van der Waals surface area contributed by atoms with Gasteiger partial charge in [0.2, 0.25) is 0 Å². The highest BCUT2D eigenvalue weighted by Gasteiger charge is 2.13. The number of nitrogens with two attached hydrogens (primary N) is 1. The van der Waals surface area contributed by atoms with E-state index in [1.54, 1.807) is 6.92 Å². The molecule has 4 heteroatoms. The van der Waals surface area contributed by atoms with E-state index < -0.39 is 11.6 Å². The average molecular weight is 215 g/mol. The van der Waals surface area contributed by atoms with E-state index in [1.165, 1.54) is 19.2 Å². The van der Waals surface area contributed by atoms with E-state index in [0.29, 0.717) is 12.1 Å². The first-order valence-corrected chi connectivity index (χ1v) is 4.77. The molecule has 0 bridgehead atoms. The van der Waals surface area contributed by atoms with Crippen molar-refractivity contribution in [1.29, 1.82) is 0 Å². The van der Waals surface area contributed by atoms with Gasteiger partial charge < -0.3 is 10.5 Å². The highest BCUT2D eigenvalue weighted by molar-refractivity contribution is 5.28. The Balaban J connectivity index is 3.07. The van der Waals surface area contributed by atoms with Crippen molar-refractivity contribution in [3.63, 3.8) is 0 Å². The lowest BCUT2D eigenvalue weighted by atomic mass is 9.99. The first-order valence-electron chi connectivity index (χ1n) is 4.77. The van der Waals surface area contributed by atoms with Crippen molar-refractivity contribution in [3.05, 3.63) is 34.9 Å². The van der Waals surface area contributed by atoms with Crippen molar-refractivity contribution in [2.75, 3.05) is 13.7 Å². The summed E-state index contributed by atoms with van der Waals surface area (Å²) in [6, 6.07) is 2.36. The molecule has 0 aliphatic heterocycles. The molecule has 1 atom stereocenters. The third-order valence-corrected chi connectivity index (χ3v) is 2.35. The predicted molar refractivity (Wildman–Crippen MR) is 54.5 cm³/mol. The maximum Gasteiger partial charge on any atom is 0.129 e. The molecule has 0 aliphatic carbocycles. The Kier molecular flexibility index (Phi) is 4.17. The molecule has 84 valence electrons. The zero-order valence-electron chi connectivity index (χ0n) is 8.89. The number of ether oxygens (including phenoxy) is 1. The average Bonchev–Trinajstić information content (AvgIpc) is 2.22. The fraction of sp³-hybridized carbons (Fsp3) is 0.455. The largest absolute Gasteiger partial charge is 0.380 e. The van der Waals surface area contributed by atoms with Crippen LogP contribution in [0.5, 0.6) is 0 Å². The van der Waals surface area contributed by atoms with Gasteiger partial charge in [-0.15, -0.1) is 0 Å². The summed E-state index contributed by atoms with van der Waals surface area (Å²) in [6.07, 6.45) is 0. The molecule has 1 rings (SSSR count). The van der Waals surface area contributed by atoms with E-state index in [1.807, 2.05) is 0 Å². The lowest BCUT2D eigenvalue weighted by Crippen LogP contribution is -2.11. The molecular weight excluding hydrogens is 200 g/mol. The fourth-order valence-electron chi connectivity index (χ4n) is 1.37. The van der Waals surface area contributed by atoms with E-state index in [0.717, 1.165) is 0 Å². The third kappa shape index (κ3) is 2.73. The van der Waals surface area contributed by atoms with Gasteiger partial charge in [0.1, 0.15) is 11.6 Å². The summed E-state index contributed by atoms with van der Waals surface area (Å²) in [6.45, 7) is 2.12. The van der Waals surface area contributed by atoms with Crippen molar-refractivity contribution < 1.29 is 13.5 Å². The van der Waals surface area contributed by atoms with Gasteiger partial charge >= 0.3 is 0 Å². The van der Waals surface area contributed by atoms with Gasteiger partial charge in [-0.1, -0.05) is 6.92 Å². The normalized spacial score (nSPS) is 12.9. The molecule has 0 amide bonds. The maximum atomic E-state index is 13.5. The zero-order chi connectivity index (χ0) is 11.4. The summed E-state index contributed by atoms with van der Waals surface area (Å²) in [5, 5.41) is 0. The second-order valence-electron chi connectivity index (χ2n) is 3.53. The SMILES string of the molecule is COCc1cc(F)c(C(C)CN)cc1F. The number of benzene rings is 1. The summed E-state index contributed by atoms with van der Waals surface area (Å²) >= 11 is 0. The number of halogens is 2. The molecule has 0 saturated carbocycles. The summed E-state index contributed by atoms with van der Waals surface area (Å²) in [5.41, 5.74) is 5.95. The molecule has 0 fully saturated rings. The number of hydrogen-bond acceptors (Lipinski definition) is 2. The van der Waals surface area contributed by atoms with Crippen molar-refractivity contribution in [1.82, 2.24) is 0 Å². The van der Waals surface area contributed by atoms with E-state index in [4.69, 9.17) is 10.5 Å². The van der Waals surface area contributed by atoms with E-state index in [9.17, 15) is 8.78 Å². The minimum atomic E-state index is -0.450. The summed E-state index contributed by atoms with van der Waals surface area (Å²) in [4.78, 5) is 0. The van der Waals surface area contributed by atoms with Crippen LogP contribution >= 0.6 is 0 Å². The minimum Gasteiger partial charge on any atom is -0.380 e.